The molecular weight excluding hydrogens is 400 g/mol. The van der Waals surface area contributed by atoms with Gasteiger partial charge < -0.3 is 24.7 Å². The average molecular weight is 443 g/mol. The molecule has 0 aromatic carbocycles. The molecule has 0 bridgehead atoms. The molecule has 0 aromatic rings. The summed E-state index contributed by atoms with van der Waals surface area (Å²) >= 11 is 0. The Kier molecular flexibility index (Phi) is 7.65. The average Bonchev–Trinajstić information content (AvgIpc) is 2.60. The van der Waals surface area contributed by atoms with Crippen molar-refractivity contribution in [3.8, 4) is 0 Å². The first-order chi connectivity index (χ1) is 14.0. The minimum Gasteiger partial charge on any atom is -0.462 e. The van der Waals surface area contributed by atoms with Crippen LogP contribution in [0.25, 0.3) is 0 Å². The minimum atomic E-state index is -0.579. The molecule has 2 aliphatic rings. The van der Waals surface area contributed by atoms with Crippen LogP contribution in [0.2, 0.25) is 0 Å². The summed E-state index contributed by atoms with van der Waals surface area (Å²) in [5.74, 6) is -1.00. The first kappa shape index (κ1) is 26.2. The number of hydroxylamine groups is 4. The van der Waals surface area contributed by atoms with E-state index in [4.69, 9.17) is 9.47 Å². The van der Waals surface area contributed by atoms with Crippen molar-refractivity contribution in [2.45, 2.75) is 122 Å². The van der Waals surface area contributed by atoms with Crippen molar-refractivity contribution in [2.24, 2.45) is 5.92 Å². The van der Waals surface area contributed by atoms with Gasteiger partial charge in [0.05, 0.1) is 19.1 Å². The Labute approximate surface area is 186 Å². The molecular formula is C23H42N2O6. The Balaban J connectivity index is 1.89. The summed E-state index contributed by atoms with van der Waals surface area (Å²) in [7, 11) is 0. The number of nitrogens with zero attached hydrogens (tertiary/aromatic N) is 2. The number of carbonyl (C=O) groups excluding carboxylic acids is 2. The molecule has 0 radical (unpaired) electrons. The molecule has 180 valence electrons. The molecule has 2 rings (SSSR count). The van der Waals surface area contributed by atoms with E-state index < -0.39 is 34.0 Å². The molecule has 0 aromatic heterocycles. The second-order valence-corrected chi connectivity index (χ2v) is 11.9. The zero-order valence-corrected chi connectivity index (χ0v) is 20.5. The molecule has 8 heteroatoms. The van der Waals surface area contributed by atoms with Gasteiger partial charge in [-0.05, 0) is 68.2 Å². The van der Waals surface area contributed by atoms with Crippen molar-refractivity contribution in [3.05, 3.63) is 0 Å². The van der Waals surface area contributed by atoms with E-state index in [1.165, 1.54) is 10.1 Å². The zero-order valence-electron chi connectivity index (χ0n) is 20.5. The fourth-order valence-electron chi connectivity index (χ4n) is 5.41. The summed E-state index contributed by atoms with van der Waals surface area (Å²) in [6.45, 7) is 15.6. The largest absolute Gasteiger partial charge is 0.462 e. The molecule has 31 heavy (non-hydrogen) atoms. The molecule has 2 fully saturated rings. The lowest BCUT2D eigenvalue weighted by Crippen LogP contribution is -2.60. The first-order valence-electron chi connectivity index (χ1n) is 11.2. The van der Waals surface area contributed by atoms with Crippen molar-refractivity contribution in [1.29, 1.82) is 0 Å². The van der Waals surface area contributed by atoms with Crippen LogP contribution in [0.15, 0.2) is 0 Å². The molecule has 2 saturated heterocycles. The normalized spacial score (nSPS) is 27.5. The highest BCUT2D eigenvalue weighted by molar-refractivity contribution is 5.74. The fourth-order valence-corrected chi connectivity index (χ4v) is 5.41. The van der Waals surface area contributed by atoms with Gasteiger partial charge in [-0.1, -0.05) is 0 Å². The maximum Gasteiger partial charge on any atom is 0.306 e. The maximum absolute atomic E-state index is 12.5. The van der Waals surface area contributed by atoms with Crippen molar-refractivity contribution in [2.75, 3.05) is 6.61 Å². The van der Waals surface area contributed by atoms with E-state index in [0.29, 0.717) is 25.7 Å². The third-order valence-corrected chi connectivity index (χ3v) is 6.67. The van der Waals surface area contributed by atoms with Gasteiger partial charge in [0.25, 0.3) is 0 Å². The van der Waals surface area contributed by atoms with Gasteiger partial charge in [-0.2, -0.15) is 10.1 Å². The molecule has 8 nitrogen and oxygen atoms in total. The van der Waals surface area contributed by atoms with Crippen molar-refractivity contribution in [1.82, 2.24) is 10.1 Å². The van der Waals surface area contributed by atoms with Crippen LogP contribution in [0.4, 0.5) is 0 Å². The fraction of sp³-hybridized carbons (Fsp3) is 0.913. The summed E-state index contributed by atoms with van der Waals surface area (Å²) in [5.41, 5.74) is -1.91. The predicted molar refractivity (Wildman–Crippen MR) is 116 cm³/mol. The highest BCUT2D eigenvalue weighted by atomic mass is 16.5. The van der Waals surface area contributed by atoms with E-state index in [-0.39, 0.29) is 25.2 Å². The lowest BCUT2D eigenvalue weighted by molar-refractivity contribution is -0.262. The van der Waals surface area contributed by atoms with Crippen LogP contribution in [0.5, 0.6) is 0 Å². The van der Waals surface area contributed by atoms with Crippen molar-refractivity contribution >= 4 is 12.3 Å². The first-order valence-corrected chi connectivity index (χ1v) is 11.2. The van der Waals surface area contributed by atoms with E-state index in [9.17, 15) is 20.0 Å². The standard InChI is InChI=1S/C23H42N2O6/c1-20(2)10-17(11-21(3,4)24(20)28)30-15-16(14-26)9-19(27)31-18-12-22(5,6)25(29)23(7,8)13-18/h14,16-18,28-29H,9-13,15H2,1-8H3. The summed E-state index contributed by atoms with van der Waals surface area (Å²) in [6, 6.07) is 0. The summed E-state index contributed by atoms with van der Waals surface area (Å²) in [5, 5.41) is 23.5. The smallest absolute Gasteiger partial charge is 0.306 e. The Morgan fingerprint density at radius 2 is 1.26 bits per heavy atom. The number of piperidine rings is 2. The van der Waals surface area contributed by atoms with Gasteiger partial charge >= 0.3 is 5.97 Å². The van der Waals surface area contributed by atoms with E-state index in [0.717, 1.165) is 6.29 Å². The summed E-state index contributed by atoms with van der Waals surface area (Å²) < 4.78 is 11.7. The summed E-state index contributed by atoms with van der Waals surface area (Å²) in [4.78, 5) is 24.1. The zero-order chi connectivity index (χ0) is 23.8. The van der Waals surface area contributed by atoms with E-state index in [1.54, 1.807) is 0 Å². The maximum atomic E-state index is 12.5. The van der Waals surface area contributed by atoms with Crippen LogP contribution in [0, 0.1) is 5.92 Å². The lowest BCUT2D eigenvalue weighted by Gasteiger charge is -2.51. The van der Waals surface area contributed by atoms with E-state index >= 15 is 0 Å². The van der Waals surface area contributed by atoms with Gasteiger partial charge in [-0.25, -0.2) is 0 Å². The number of esters is 1. The van der Waals surface area contributed by atoms with Crippen molar-refractivity contribution < 1.29 is 29.5 Å². The monoisotopic (exact) mass is 442 g/mol. The summed E-state index contributed by atoms with van der Waals surface area (Å²) in [6.07, 6.45) is 2.60. The topological polar surface area (TPSA) is 99.5 Å². The van der Waals surface area contributed by atoms with Crippen LogP contribution < -0.4 is 0 Å². The Hall–Kier alpha value is -1.06. The molecule has 2 aliphatic heterocycles. The molecule has 0 aliphatic carbocycles. The molecule has 0 amide bonds. The number of aldehydes is 1. The van der Waals surface area contributed by atoms with Gasteiger partial charge in [-0.3, -0.25) is 4.79 Å². The third-order valence-electron chi connectivity index (χ3n) is 6.67. The lowest BCUT2D eigenvalue weighted by atomic mass is 9.80. The van der Waals surface area contributed by atoms with Gasteiger partial charge in [0, 0.05) is 40.9 Å². The molecule has 2 N–H and O–H groups in total. The van der Waals surface area contributed by atoms with E-state index in [1.807, 2.05) is 55.4 Å². The third kappa shape index (κ3) is 6.26. The van der Waals surface area contributed by atoms with Gasteiger partial charge in [0.1, 0.15) is 12.4 Å². The SMILES string of the molecule is CC1(C)CC(OCC(C=O)CC(=O)OC2CC(C)(C)N(O)C(C)(C)C2)CC(C)(C)N1O. The van der Waals surface area contributed by atoms with Crippen LogP contribution in [-0.2, 0) is 19.1 Å². The number of carbonyl (C=O) groups is 2. The Morgan fingerprint density at radius 3 is 1.65 bits per heavy atom. The van der Waals surface area contributed by atoms with E-state index in [2.05, 4.69) is 0 Å². The molecule has 1 unspecified atom stereocenters. The number of rotatable bonds is 7. The molecule has 0 spiro atoms. The quantitative estimate of drug-likeness (QED) is 0.456. The minimum absolute atomic E-state index is 0.0324. The van der Waals surface area contributed by atoms with Crippen molar-refractivity contribution in [3.63, 3.8) is 0 Å². The Bertz CT molecular complexity index is 624. The second kappa shape index (κ2) is 9.06. The number of hydrogen-bond acceptors (Lipinski definition) is 8. The molecule has 0 saturated carbocycles. The van der Waals surface area contributed by atoms with Gasteiger partial charge in [0.15, 0.2) is 0 Å². The predicted octanol–water partition coefficient (Wildman–Crippen LogP) is 3.57. The van der Waals surface area contributed by atoms with Gasteiger partial charge in [0.2, 0.25) is 0 Å². The number of ether oxygens (including phenoxy) is 2. The van der Waals surface area contributed by atoms with Crippen LogP contribution >= 0.6 is 0 Å². The van der Waals surface area contributed by atoms with Crippen LogP contribution in [0.1, 0.15) is 87.5 Å². The molecule has 2 heterocycles. The van der Waals surface area contributed by atoms with Crippen LogP contribution in [-0.4, -0.2) is 73.8 Å². The van der Waals surface area contributed by atoms with Gasteiger partial charge in [-0.15, -0.1) is 0 Å². The number of hydrogen-bond donors (Lipinski definition) is 2. The highest BCUT2D eigenvalue weighted by Gasteiger charge is 2.47. The molecule has 1 atom stereocenters. The Morgan fingerprint density at radius 1 is 0.871 bits per heavy atom. The van der Waals surface area contributed by atoms with Crippen LogP contribution in [0.3, 0.4) is 0 Å². The highest BCUT2D eigenvalue weighted by Crippen LogP contribution is 2.39. The second-order valence-electron chi connectivity index (χ2n) is 11.9.